The summed E-state index contributed by atoms with van der Waals surface area (Å²) < 4.78 is 43.5. The largest absolute Gasteiger partial charge is 0.573 e. The Morgan fingerprint density at radius 3 is 2.76 bits per heavy atom. The number of rotatable bonds is 5. The second-order valence-electron chi connectivity index (χ2n) is 7.91. The maximum Gasteiger partial charge on any atom is 0.573 e. The van der Waals surface area contributed by atoms with E-state index in [1.807, 2.05) is 6.07 Å². The fraction of sp³-hybridized carbons (Fsp3) is 0.381. The molecule has 2 N–H and O–H groups in total. The highest BCUT2D eigenvalue weighted by Gasteiger charge is 2.33. The SMILES string of the molecule is CC1N=C(n2nc(C3CC3)nc2[C@H](C)NC(=O)c2cc(Br)cc(OC(F)(F)F)c2)C=C(C#N)N1. The van der Waals surface area contributed by atoms with E-state index in [0.717, 1.165) is 25.0 Å². The van der Waals surface area contributed by atoms with Gasteiger partial charge < -0.3 is 15.4 Å². The van der Waals surface area contributed by atoms with Crippen LogP contribution in [0.3, 0.4) is 0 Å². The summed E-state index contributed by atoms with van der Waals surface area (Å²) in [7, 11) is 0. The van der Waals surface area contributed by atoms with Gasteiger partial charge in [0.05, 0.1) is 6.04 Å². The predicted molar refractivity (Wildman–Crippen MR) is 118 cm³/mol. The van der Waals surface area contributed by atoms with Crippen LogP contribution >= 0.6 is 15.9 Å². The number of aliphatic imine (C=N–C) groups is 1. The van der Waals surface area contributed by atoms with Gasteiger partial charge in [-0.2, -0.15) is 9.94 Å². The zero-order valence-electron chi connectivity index (χ0n) is 18.0. The van der Waals surface area contributed by atoms with Crippen LogP contribution in [0, 0.1) is 11.3 Å². The molecule has 9 nitrogen and oxygen atoms in total. The number of carbonyl (C=O) groups is 1. The van der Waals surface area contributed by atoms with Crippen LogP contribution in [-0.2, 0) is 0 Å². The molecule has 34 heavy (non-hydrogen) atoms. The van der Waals surface area contributed by atoms with Crippen molar-refractivity contribution >= 4 is 27.7 Å². The number of benzene rings is 1. The molecule has 1 amide bonds. The molecule has 1 fully saturated rings. The zero-order valence-corrected chi connectivity index (χ0v) is 19.6. The lowest BCUT2D eigenvalue weighted by Crippen LogP contribution is -2.34. The number of nitriles is 1. The number of alkyl halides is 3. The third-order valence-corrected chi connectivity index (χ3v) is 5.45. The quantitative estimate of drug-likeness (QED) is 0.597. The van der Waals surface area contributed by atoms with Crippen LogP contribution in [0.15, 0.2) is 39.4 Å². The molecular weight excluding hydrogens is 519 g/mol. The summed E-state index contributed by atoms with van der Waals surface area (Å²) in [6.07, 6.45) is -1.81. The Balaban J connectivity index is 1.62. The van der Waals surface area contributed by atoms with Crippen LogP contribution in [0.2, 0.25) is 0 Å². The van der Waals surface area contributed by atoms with Crippen molar-refractivity contribution in [3.8, 4) is 11.8 Å². The molecule has 2 aliphatic rings. The van der Waals surface area contributed by atoms with Crippen molar-refractivity contribution in [3.63, 3.8) is 0 Å². The van der Waals surface area contributed by atoms with Crippen molar-refractivity contribution in [3.05, 3.63) is 51.7 Å². The molecule has 0 spiro atoms. The summed E-state index contributed by atoms with van der Waals surface area (Å²) in [5.41, 5.74) is 0.281. The van der Waals surface area contributed by atoms with Gasteiger partial charge in [0.15, 0.2) is 17.5 Å². The molecule has 1 aromatic heterocycles. The summed E-state index contributed by atoms with van der Waals surface area (Å²) >= 11 is 3.10. The molecule has 4 rings (SSSR count). The van der Waals surface area contributed by atoms with Gasteiger partial charge in [-0.25, -0.2) is 9.98 Å². The van der Waals surface area contributed by atoms with Gasteiger partial charge in [-0.1, -0.05) is 15.9 Å². The van der Waals surface area contributed by atoms with Gasteiger partial charge >= 0.3 is 6.36 Å². The maximum absolute atomic E-state index is 12.9. The molecule has 0 bridgehead atoms. The summed E-state index contributed by atoms with van der Waals surface area (Å²) in [5.74, 6) is 0.456. The lowest BCUT2D eigenvalue weighted by Gasteiger charge is -2.19. The molecule has 1 saturated carbocycles. The Morgan fingerprint density at radius 1 is 1.38 bits per heavy atom. The van der Waals surface area contributed by atoms with Crippen molar-refractivity contribution < 1.29 is 22.7 Å². The first kappa shape index (κ1) is 23.7. The number of halogens is 4. The molecule has 178 valence electrons. The number of hydrogen-bond donors (Lipinski definition) is 2. The van der Waals surface area contributed by atoms with Crippen LogP contribution < -0.4 is 15.4 Å². The average molecular weight is 538 g/mol. The van der Waals surface area contributed by atoms with E-state index in [1.165, 1.54) is 10.7 Å². The first-order chi connectivity index (χ1) is 16.0. The number of amides is 1. The lowest BCUT2D eigenvalue weighted by atomic mass is 10.2. The number of nitrogens with zero attached hydrogens (tertiary/aromatic N) is 5. The smallest absolute Gasteiger partial charge is 0.406 e. The Kier molecular flexibility index (Phi) is 6.35. The van der Waals surface area contributed by atoms with Gasteiger partial charge in [0, 0.05) is 22.0 Å². The van der Waals surface area contributed by atoms with Crippen molar-refractivity contribution in [1.82, 2.24) is 25.4 Å². The first-order valence-corrected chi connectivity index (χ1v) is 11.1. The summed E-state index contributed by atoms with van der Waals surface area (Å²) in [6, 6.07) is 4.87. The number of carbonyl (C=O) groups excluding carboxylic acids is 1. The number of allylic oxidation sites excluding steroid dienone is 2. The summed E-state index contributed by atoms with van der Waals surface area (Å²) in [4.78, 5) is 21.9. The van der Waals surface area contributed by atoms with Gasteiger partial charge in [-0.05, 0) is 44.9 Å². The third-order valence-electron chi connectivity index (χ3n) is 4.99. The minimum atomic E-state index is -4.89. The predicted octanol–water partition coefficient (Wildman–Crippen LogP) is 3.91. The molecule has 0 radical (unpaired) electrons. The molecule has 2 heterocycles. The lowest BCUT2D eigenvalue weighted by molar-refractivity contribution is -0.274. The molecule has 13 heteroatoms. The Morgan fingerprint density at radius 2 is 2.12 bits per heavy atom. The standard InChI is InChI=1S/C21H19BrF3N7O2/c1-10(27-20(33)13-5-14(22)7-16(6-13)34-21(23,24)25)19-30-18(12-3-4-12)31-32(19)17-8-15(9-26)28-11(2)29-17/h5-8,10-12,28H,3-4H2,1-2H3,(H,27,33)/t10-,11?/m0/s1. The molecule has 1 aromatic carbocycles. The van der Waals surface area contributed by atoms with Crippen LogP contribution in [0.1, 0.15) is 60.7 Å². The Hall–Kier alpha value is -3.40. The highest BCUT2D eigenvalue weighted by atomic mass is 79.9. The highest BCUT2D eigenvalue weighted by Crippen LogP contribution is 2.38. The average Bonchev–Trinajstić information content (AvgIpc) is 3.49. The van der Waals surface area contributed by atoms with Crippen molar-refractivity contribution in [2.24, 2.45) is 4.99 Å². The van der Waals surface area contributed by atoms with Crippen LogP contribution in [0.5, 0.6) is 5.75 Å². The second kappa shape index (κ2) is 9.09. The van der Waals surface area contributed by atoms with E-state index in [9.17, 15) is 23.2 Å². The van der Waals surface area contributed by atoms with E-state index >= 15 is 0 Å². The number of aromatic nitrogens is 3. The Bertz CT molecular complexity index is 1230. The number of hydrogen-bond acceptors (Lipinski definition) is 7. The van der Waals surface area contributed by atoms with E-state index in [2.05, 4.69) is 46.4 Å². The van der Waals surface area contributed by atoms with Crippen LogP contribution in [0.4, 0.5) is 13.2 Å². The molecule has 2 atom stereocenters. The van der Waals surface area contributed by atoms with Gasteiger partial charge in [0.25, 0.3) is 5.91 Å². The second-order valence-corrected chi connectivity index (χ2v) is 8.83. The van der Waals surface area contributed by atoms with Crippen molar-refractivity contribution in [2.75, 3.05) is 0 Å². The monoisotopic (exact) mass is 537 g/mol. The van der Waals surface area contributed by atoms with E-state index in [-0.39, 0.29) is 22.1 Å². The summed E-state index contributed by atoms with van der Waals surface area (Å²) in [5, 5.41) is 19.5. The normalized spacial score (nSPS) is 18.8. The van der Waals surface area contributed by atoms with Crippen molar-refractivity contribution in [1.29, 1.82) is 5.26 Å². The fourth-order valence-corrected chi connectivity index (χ4v) is 3.85. The van der Waals surface area contributed by atoms with Gasteiger partial charge in [0.1, 0.15) is 23.7 Å². The summed E-state index contributed by atoms with van der Waals surface area (Å²) in [6.45, 7) is 3.46. The minimum absolute atomic E-state index is 0.0338. The molecule has 1 aliphatic heterocycles. The van der Waals surface area contributed by atoms with Gasteiger partial charge in [-0.3, -0.25) is 4.79 Å². The van der Waals surface area contributed by atoms with Crippen molar-refractivity contribution in [2.45, 2.75) is 51.2 Å². The van der Waals surface area contributed by atoms with E-state index in [0.29, 0.717) is 23.2 Å². The molecular formula is C21H19BrF3N7O2. The molecule has 1 aliphatic carbocycles. The third kappa shape index (κ3) is 5.56. The molecule has 1 unspecified atom stereocenters. The van der Waals surface area contributed by atoms with Gasteiger partial charge in [-0.15, -0.1) is 18.3 Å². The van der Waals surface area contributed by atoms with E-state index in [1.54, 1.807) is 19.9 Å². The number of nitrogens with one attached hydrogen (secondary N) is 2. The topological polar surface area (TPSA) is 117 Å². The van der Waals surface area contributed by atoms with E-state index < -0.39 is 24.1 Å². The zero-order chi connectivity index (χ0) is 24.6. The highest BCUT2D eigenvalue weighted by molar-refractivity contribution is 9.10. The fourth-order valence-electron chi connectivity index (χ4n) is 3.38. The van der Waals surface area contributed by atoms with Crippen LogP contribution in [0.25, 0.3) is 0 Å². The number of ether oxygens (including phenoxy) is 1. The van der Waals surface area contributed by atoms with E-state index in [4.69, 9.17) is 0 Å². The molecule has 0 saturated heterocycles. The maximum atomic E-state index is 12.9. The minimum Gasteiger partial charge on any atom is -0.406 e. The van der Waals surface area contributed by atoms with Gasteiger partial charge in [0.2, 0.25) is 0 Å². The first-order valence-electron chi connectivity index (χ1n) is 10.3. The Labute approximate surface area is 200 Å². The molecule has 2 aromatic rings. The van der Waals surface area contributed by atoms with Crippen LogP contribution in [-0.4, -0.2) is 39.0 Å².